The summed E-state index contributed by atoms with van der Waals surface area (Å²) in [6.07, 6.45) is 3.62. The Labute approximate surface area is 150 Å². The first-order valence-corrected chi connectivity index (χ1v) is 8.43. The molecular formula is C18H13BrN4O2. The number of benzene rings is 1. The van der Waals surface area contributed by atoms with Crippen LogP contribution in [0.3, 0.4) is 0 Å². The second-order valence-electron chi connectivity index (χ2n) is 5.60. The lowest BCUT2D eigenvalue weighted by Crippen LogP contribution is -2.29. The van der Waals surface area contributed by atoms with Crippen LogP contribution in [0.5, 0.6) is 0 Å². The van der Waals surface area contributed by atoms with Crippen molar-refractivity contribution in [2.24, 2.45) is 0 Å². The number of nitrogens with one attached hydrogen (secondary N) is 2. The number of pyridine rings is 2. The van der Waals surface area contributed by atoms with Crippen LogP contribution in [-0.4, -0.2) is 20.3 Å². The Bertz CT molecular complexity index is 1160. The van der Waals surface area contributed by atoms with Crippen LogP contribution < -0.4 is 10.9 Å². The fourth-order valence-corrected chi connectivity index (χ4v) is 3.11. The van der Waals surface area contributed by atoms with Gasteiger partial charge in [-0.25, -0.2) is 4.98 Å². The number of rotatable bonds is 3. The summed E-state index contributed by atoms with van der Waals surface area (Å²) in [7, 11) is 0. The fraction of sp³-hybridized carbons (Fsp3) is 0.0556. The molecule has 1 amide bonds. The molecule has 0 atom stereocenters. The van der Waals surface area contributed by atoms with Gasteiger partial charge in [0.05, 0.1) is 18.3 Å². The molecule has 2 N–H and O–H groups in total. The molecule has 25 heavy (non-hydrogen) atoms. The number of aromatic amines is 1. The lowest BCUT2D eigenvalue weighted by atomic mass is 10.1. The second-order valence-corrected chi connectivity index (χ2v) is 6.51. The molecule has 0 unspecified atom stereocenters. The third-order valence-electron chi connectivity index (χ3n) is 3.97. The van der Waals surface area contributed by atoms with Gasteiger partial charge in [-0.05, 0) is 36.4 Å². The average molecular weight is 397 g/mol. The van der Waals surface area contributed by atoms with Gasteiger partial charge in [-0.1, -0.05) is 22.0 Å². The van der Waals surface area contributed by atoms with Gasteiger partial charge in [-0.2, -0.15) is 0 Å². The molecule has 3 aromatic heterocycles. The number of hydrogen-bond acceptors (Lipinski definition) is 3. The van der Waals surface area contributed by atoms with Crippen LogP contribution in [0, 0.1) is 0 Å². The fourth-order valence-electron chi connectivity index (χ4n) is 2.73. The van der Waals surface area contributed by atoms with E-state index < -0.39 is 11.5 Å². The van der Waals surface area contributed by atoms with Crippen molar-refractivity contribution in [3.05, 3.63) is 81.1 Å². The molecule has 0 radical (unpaired) electrons. The highest BCUT2D eigenvalue weighted by Crippen LogP contribution is 2.17. The normalized spacial score (nSPS) is 11.1. The number of hydrogen-bond donors (Lipinski definition) is 2. The van der Waals surface area contributed by atoms with Crippen LogP contribution in [0.2, 0.25) is 0 Å². The highest BCUT2D eigenvalue weighted by Gasteiger charge is 2.13. The van der Waals surface area contributed by atoms with Gasteiger partial charge in [0, 0.05) is 21.6 Å². The van der Waals surface area contributed by atoms with E-state index in [-0.39, 0.29) is 12.1 Å². The highest BCUT2D eigenvalue weighted by molar-refractivity contribution is 9.10. The number of H-pyrrole nitrogens is 1. The predicted molar refractivity (Wildman–Crippen MR) is 98.6 cm³/mol. The SMILES string of the molecule is O=C(NCc1ncc2ccccn12)c1cc2cc(Br)ccc2[nH]c1=O. The predicted octanol–water partition coefficient (Wildman–Crippen LogP) is 2.87. The van der Waals surface area contributed by atoms with Gasteiger partial charge in [-0.3, -0.25) is 9.59 Å². The van der Waals surface area contributed by atoms with Crippen LogP contribution in [-0.2, 0) is 6.54 Å². The van der Waals surface area contributed by atoms with Crippen molar-refractivity contribution in [1.82, 2.24) is 19.7 Å². The molecule has 0 saturated carbocycles. The number of carbonyl (C=O) groups is 1. The molecule has 3 heterocycles. The lowest BCUT2D eigenvalue weighted by Gasteiger charge is -2.06. The Hall–Kier alpha value is -2.93. The van der Waals surface area contributed by atoms with Gasteiger partial charge in [0.2, 0.25) is 0 Å². The van der Waals surface area contributed by atoms with Crippen LogP contribution >= 0.6 is 15.9 Å². The zero-order valence-corrected chi connectivity index (χ0v) is 14.6. The van der Waals surface area contributed by atoms with E-state index in [9.17, 15) is 9.59 Å². The van der Waals surface area contributed by atoms with E-state index in [1.807, 2.05) is 40.9 Å². The zero-order chi connectivity index (χ0) is 17.4. The third kappa shape index (κ3) is 2.94. The summed E-state index contributed by atoms with van der Waals surface area (Å²) in [5, 5.41) is 3.54. The molecule has 0 fully saturated rings. The molecule has 7 heteroatoms. The molecular weight excluding hydrogens is 384 g/mol. The maximum atomic E-state index is 12.4. The molecule has 124 valence electrons. The number of fused-ring (bicyclic) bond motifs is 2. The number of aromatic nitrogens is 3. The molecule has 0 aliphatic carbocycles. The van der Waals surface area contributed by atoms with Crippen molar-refractivity contribution in [2.45, 2.75) is 6.54 Å². The number of carbonyl (C=O) groups excluding carboxylic acids is 1. The Morgan fingerprint density at radius 2 is 2.12 bits per heavy atom. The minimum absolute atomic E-state index is 0.0754. The Kier molecular flexibility index (Phi) is 3.85. The number of halogens is 1. The van der Waals surface area contributed by atoms with Gasteiger partial charge < -0.3 is 14.7 Å². The summed E-state index contributed by atoms with van der Waals surface area (Å²) in [4.78, 5) is 31.7. The maximum Gasteiger partial charge on any atom is 0.261 e. The van der Waals surface area contributed by atoms with E-state index in [1.54, 1.807) is 18.3 Å². The minimum atomic E-state index is -0.434. The van der Waals surface area contributed by atoms with Crippen molar-refractivity contribution >= 4 is 38.3 Å². The molecule has 0 bridgehead atoms. The van der Waals surface area contributed by atoms with Crippen LogP contribution in [0.1, 0.15) is 16.2 Å². The first-order valence-electron chi connectivity index (χ1n) is 7.63. The van der Waals surface area contributed by atoms with E-state index in [2.05, 4.69) is 31.2 Å². The van der Waals surface area contributed by atoms with Crippen LogP contribution in [0.4, 0.5) is 0 Å². The first-order chi connectivity index (χ1) is 12.1. The van der Waals surface area contributed by atoms with E-state index in [0.29, 0.717) is 11.3 Å². The summed E-state index contributed by atoms with van der Waals surface area (Å²) < 4.78 is 2.77. The van der Waals surface area contributed by atoms with E-state index in [0.717, 1.165) is 15.4 Å². The summed E-state index contributed by atoms with van der Waals surface area (Å²) in [5.74, 6) is 0.264. The molecule has 6 nitrogen and oxygen atoms in total. The monoisotopic (exact) mass is 396 g/mol. The van der Waals surface area contributed by atoms with Gasteiger partial charge in [0.1, 0.15) is 11.4 Å². The van der Waals surface area contributed by atoms with E-state index in [4.69, 9.17) is 0 Å². The Morgan fingerprint density at radius 3 is 3.00 bits per heavy atom. The van der Waals surface area contributed by atoms with Gasteiger partial charge >= 0.3 is 0 Å². The topological polar surface area (TPSA) is 79.3 Å². The summed E-state index contributed by atoms with van der Waals surface area (Å²) in [6, 6.07) is 12.8. The van der Waals surface area contributed by atoms with Crippen molar-refractivity contribution in [1.29, 1.82) is 0 Å². The molecule has 4 rings (SSSR count). The quantitative estimate of drug-likeness (QED) is 0.558. The zero-order valence-electron chi connectivity index (χ0n) is 13.0. The van der Waals surface area contributed by atoms with Gasteiger partial charge in [0.25, 0.3) is 11.5 Å². The number of nitrogens with zero attached hydrogens (tertiary/aromatic N) is 2. The molecule has 0 spiro atoms. The highest BCUT2D eigenvalue weighted by atomic mass is 79.9. The standard InChI is InChI=1S/C18H13BrN4O2/c19-12-4-5-15-11(7-12)8-14(18(25)22-15)17(24)21-10-16-20-9-13-3-1-2-6-23(13)16/h1-9H,10H2,(H,21,24)(H,22,25). The van der Waals surface area contributed by atoms with Crippen molar-refractivity contribution in [3.8, 4) is 0 Å². The van der Waals surface area contributed by atoms with Gasteiger partial charge in [0.15, 0.2) is 0 Å². The number of imidazole rings is 1. The average Bonchev–Trinajstić information content (AvgIpc) is 3.02. The van der Waals surface area contributed by atoms with Crippen LogP contribution in [0.25, 0.3) is 16.4 Å². The first kappa shape index (κ1) is 15.6. The molecule has 4 aromatic rings. The van der Waals surface area contributed by atoms with Crippen molar-refractivity contribution in [3.63, 3.8) is 0 Å². The molecule has 0 aliphatic heterocycles. The minimum Gasteiger partial charge on any atom is -0.345 e. The van der Waals surface area contributed by atoms with Crippen LogP contribution in [0.15, 0.2) is 64.1 Å². The Morgan fingerprint density at radius 1 is 1.24 bits per heavy atom. The number of amides is 1. The largest absolute Gasteiger partial charge is 0.345 e. The maximum absolute atomic E-state index is 12.4. The second kappa shape index (κ2) is 6.18. The Balaban J connectivity index is 1.61. The molecule has 1 aromatic carbocycles. The smallest absolute Gasteiger partial charge is 0.261 e. The summed E-state index contributed by atoms with van der Waals surface area (Å²) in [5.41, 5.74) is 1.29. The van der Waals surface area contributed by atoms with Crippen molar-refractivity contribution in [2.75, 3.05) is 0 Å². The summed E-state index contributed by atoms with van der Waals surface area (Å²) >= 11 is 3.39. The summed E-state index contributed by atoms with van der Waals surface area (Å²) in [6.45, 7) is 0.229. The molecule has 0 saturated heterocycles. The van der Waals surface area contributed by atoms with Crippen molar-refractivity contribution < 1.29 is 4.79 Å². The lowest BCUT2D eigenvalue weighted by molar-refractivity contribution is 0.0948. The third-order valence-corrected chi connectivity index (χ3v) is 4.47. The van der Waals surface area contributed by atoms with Gasteiger partial charge in [-0.15, -0.1) is 0 Å². The molecule has 0 aliphatic rings. The van der Waals surface area contributed by atoms with E-state index >= 15 is 0 Å². The van der Waals surface area contributed by atoms with E-state index in [1.165, 1.54) is 0 Å².